The molecule has 0 amide bonds. The molecule has 0 radical (unpaired) electrons. The van der Waals surface area contributed by atoms with Gasteiger partial charge in [-0.15, -0.1) is 0 Å². The van der Waals surface area contributed by atoms with Crippen LogP contribution in [0.25, 0.3) is 0 Å². The molecule has 0 N–H and O–H groups in total. The van der Waals surface area contributed by atoms with Gasteiger partial charge in [0, 0.05) is 0 Å². The summed E-state index contributed by atoms with van der Waals surface area (Å²) >= 11 is 0. The molecule has 0 unspecified atom stereocenters. The molecular weight excluding hydrogens is 258 g/mol. The van der Waals surface area contributed by atoms with Crippen LogP contribution < -0.4 is 0 Å². The van der Waals surface area contributed by atoms with Gasteiger partial charge in [-0.3, -0.25) is 0 Å². The number of sulfonamides is 1. The van der Waals surface area contributed by atoms with Gasteiger partial charge in [0.15, 0.2) is 0 Å². The number of benzene rings is 1. The Kier molecular flexibility index (Phi) is 3.63. The Labute approximate surface area is 115 Å². The van der Waals surface area contributed by atoms with Gasteiger partial charge < -0.3 is 0 Å². The van der Waals surface area contributed by atoms with Crippen LogP contribution >= 0.6 is 0 Å². The Bertz CT molecular complexity index is 623. The molecule has 0 aromatic heterocycles. The van der Waals surface area contributed by atoms with Crippen molar-refractivity contribution in [3.8, 4) is 0 Å². The highest BCUT2D eigenvalue weighted by atomic mass is 32.2. The molecule has 102 valence electrons. The zero-order chi connectivity index (χ0) is 14.1. The van der Waals surface area contributed by atoms with Crippen LogP contribution in [0.15, 0.2) is 45.7 Å². The Hall–Kier alpha value is -1.42. The van der Waals surface area contributed by atoms with Crippen LogP contribution in [0.5, 0.6) is 0 Å². The molecule has 0 saturated carbocycles. The van der Waals surface area contributed by atoms with E-state index >= 15 is 0 Å². The van der Waals surface area contributed by atoms with E-state index in [2.05, 4.69) is 18.2 Å². The van der Waals surface area contributed by atoms with Gasteiger partial charge in [0.05, 0.1) is 10.6 Å². The van der Waals surface area contributed by atoms with Crippen molar-refractivity contribution >= 4 is 15.7 Å². The molecule has 0 saturated heterocycles. The predicted octanol–water partition coefficient (Wildman–Crippen LogP) is 3.50. The summed E-state index contributed by atoms with van der Waals surface area (Å²) in [6.45, 7) is 6.16. The first-order chi connectivity index (χ1) is 8.78. The average Bonchev–Trinajstić information content (AvgIpc) is 2.27. The summed E-state index contributed by atoms with van der Waals surface area (Å²) in [5.41, 5.74) is 1.75. The van der Waals surface area contributed by atoms with Gasteiger partial charge in [-0.2, -0.15) is 12.8 Å². The quantitative estimate of drug-likeness (QED) is 0.830. The Balaban J connectivity index is 2.34. The minimum absolute atomic E-state index is 0.0797. The summed E-state index contributed by atoms with van der Waals surface area (Å²) in [5, 5.41) is 0. The number of hydrogen-bond acceptors (Lipinski definition) is 2. The summed E-state index contributed by atoms with van der Waals surface area (Å²) in [6, 6.07) is 6.78. The molecule has 19 heavy (non-hydrogen) atoms. The van der Waals surface area contributed by atoms with Crippen molar-refractivity contribution in [1.29, 1.82) is 0 Å². The molecule has 0 spiro atoms. The summed E-state index contributed by atoms with van der Waals surface area (Å²) in [5.74, 6) is 0. The summed E-state index contributed by atoms with van der Waals surface area (Å²) in [6.07, 6.45) is 5.45. The third-order valence-electron chi connectivity index (χ3n) is 3.20. The van der Waals surface area contributed by atoms with Crippen molar-refractivity contribution in [3.05, 3.63) is 42.0 Å². The topological polar surface area (TPSA) is 46.5 Å². The van der Waals surface area contributed by atoms with E-state index in [-0.39, 0.29) is 10.3 Å². The van der Waals surface area contributed by atoms with E-state index in [1.54, 1.807) is 24.3 Å². The molecule has 2 rings (SSSR count). The number of rotatable bonds is 2. The van der Waals surface area contributed by atoms with Crippen molar-refractivity contribution < 1.29 is 8.42 Å². The molecule has 1 aliphatic carbocycles. The third kappa shape index (κ3) is 3.53. The highest BCUT2D eigenvalue weighted by Crippen LogP contribution is 2.30. The van der Waals surface area contributed by atoms with Crippen LogP contribution in [-0.2, 0) is 10.0 Å². The van der Waals surface area contributed by atoms with Crippen LogP contribution in [0.1, 0.15) is 32.3 Å². The minimum Gasteiger partial charge on any atom is -0.199 e. The van der Waals surface area contributed by atoms with Crippen molar-refractivity contribution in [3.63, 3.8) is 0 Å². The average molecular weight is 277 g/mol. The standard InChI is InChI=1S/C15H19NO2S/c1-12-6-8-14(9-7-12)19(17,18)16-13-5-4-10-15(2,3)11-13/h4-9H,10-11H2,1-3H3/b16-13+. The second kappa shape index (κ2) is 4.93. The smallest absolute Gasteiger partial charge is 0.199 e. The van der Waals surface area contributed by atoms with Gasteiger partial charge in [0.25, 0.3) is 10.0 Å². The molecule has 0 aliphatic heterocycles. The van der Waals surface area contributed by atoms with Crippen molar-refractivity contribution in [2.24, 2.45) is 9.81 Å². The van der Waals surface area contributed by atoms with Crippen LogP contribution in [0.2, 0.25) is 0 Å². The van der Waals surface area contributed by atoms with E-state index < -0.39 is 10.0 Å². The lowest BCUT2D eigenvalue weighted by molar-refractivity contribution is 0.384. The Morgan fingerprint density at radius 1 is 1.16 bits per heavy atom. The third-order valence-corrected chi connectivity index (χ3v) is 4.54. The first-order valence-corrected chi connectivity index (χ1v) is 7.80. The molecule has 1 aliphatic rings. The first kappa shape index (κ1) is 14.0. The van der Waals surface area contributed by atoms with Crippen LogP contribution in [0, 0.1) is 12.3 Å². The zero-order valence-corrected chi connectivity index (χ0v) is 12.4. The van der Waals surface area contributed by atoms with Crippen molar-refractivity contribution in [1.82, 2.24) is 0 Å². The number of hydrogen-bond donors (Lipinski definition) is 0. The fourth-order valence-electron chi connectivity index (χ4n) is 2.12. The summed E-state index contributed by atoms with van der Waals surface area (Å²) in [4.78, 5) is 0.252. The van der Waals surface area contributed by atoms with Crippen LogP contribution in [-0.4, -0.2) is 14.1 Å². The van der Waals surface area contributed by atoms with Gasteiger partial charge in [0.2, 0.25) is 0 Å². The second-order valence-electron chi connectivity index (χ2n) is 5.82. The summed E-state index contributed by atoms with van der Waals surface area (Å²) < 4.78 is 28.4. The molecule has 3 nitrogen and oxygen atoms in total. The van der Waals surface area contributed by atoms with E-state index in [0.717, 1.165) is 12.0 Å². The molecule has 4 heteroatoms. The van der Waals surface area contributed by atoms with Crippen LogP contribution in [0.3, 0.4) is 0 Å². The molecule has 0 heterocycles. The van der Waals surface area contributed by atoms with Crippen molar-refractivity contribution in [2.45, 2.75) is 38.5 Å². The fourth-order valence-corrected chi connectivity index (χ4v) is 3.13. The highest BCUT2D eigenvalue weighted by Gasteiger charge is 2.23. The van der Waals surface area contributed by atoms with Crippen molar-refractivity contribution in [2.75, 3.05) is 0 Å². The lowest BCUT2D eigenvalue weighted by Gasteiger charge is -2.26. The lowest BCUT2D eigenvalue weighted by atomic mass is 9.80. The zero-order valence-electron chi connectivity index (χ0n) is 11.6. The van der Waals surface area contributed by atoms with Gasteiger partial charge in [-0.25, -0.2) is 0 Å². The Morgan fingerprint density at radius 3 is 2.37 bits per heavy atom. The molecule has 1 aromatic rings. The lowest BCUT2D eigenvalue weighted by Crippen LogP contribution is -2.19. The molecule has 0 atom stereocenters. The predicted molar refractivity (Wildman–Crippen MR) is 78.0 cm³/mol. The van der Waals surface area contributed by atoms with Gasteiger partial charge in [-0.1, -0.05) is 37.6 Å². The monoisotopic (exact) mass is 277 g/mol. The highest BCUT2D eigenvalue weighted by molar-refractivity contribution is 7.90. The maximum Gasteiger partial charge on any atom is 0.282 e. The molecular formula is C15H19NO2S. The van der Waals surface area contributed by atoms with E-state index in [1.165, 1.54) is 0 Å². The van der Waals surface area contributed by atoms with Gasteiger partial charge in [-0.05, 0) is 43.4 Å². The van der Waals surface area contributed by atoms with E-state index in [4.69, 9.17) is 0 Å². The SMILES string of the molecule is Cc1ccc(S(=O)(=O)/N=C2\C=CCC(C)(C)C2)cc1. The molecule has 0 bridgehead atoms. The largest absolute Gasteiger partial charge is 0.282 e. The number of aryl methyl sites for hydroxylation is 1. The van der Waals surface area contributed by atoms with E-state index in [1.807, 2.05) is 19.1 Å². The maximum absolute atomic E-state index is 12.2. The minimum atomic E-state index is -3.59. The van der Waals surface area contributed by atoms with E-state index in [0.29, 0.717) is 12.1 Å². The van der Waals surface area contributed by atoms with Gasteiger partial charge in [0.1, 0.15) is 0 Å². The summed E-state index contributed by atoms with van der Waals surface area (Å²) in [7, 11) is -3.59. The maximum atomic E-state index is 12.2. The van der Waals surface area contributed by atoms with Gasteiger partial charge >= 0.3 is 0 Å². The van der Waals surface area contributed by atoms with E-state index in [9.17, 15) is 8.42 Å². The number of allylic oxidation sites excluding steroid dienone is 2. The molecule has 0 fully saturated rings. The first-order valence-electron chi connectivity index (χ1n) is 6.36. The second-order valence-corrected chi connectivity index (χ2v) is 7.42. The normalized spacial score (nSPS) is 20.7. The molecule has 1 aromatic carbocycles. The Morgan fingerprint density at radius 2 is 1.79 bits per heavy atom. The number of nitrogens with zero attached hydrogens (tertiary/aromatic N) is 1. The van der Waals surface area contributed by atoms with Crippen LogP contribution in [0.4, 0.5) is 0 Å². The fraction of sp³-hybridized carbons (Fsp3) is 0.400.